The van der Waals surface area contributed by atoms with Crippen molar-refractivity contribution in [1.29, 1.82) is 0 Å². The number of anilines is 1. The van der Waals surface area contributed by atoms with E-state index in [-0.39, 0.29) is 23.4 Å². The molecular formula is C12H16FNO2S. The highest BCUT2D eigenvalue weighted by atomic mass is 32.2. The Hall–Kier alpha value is -1.10. The van der Waals surface area contributed by atoms with Crippen LogP contribution in [-0.4, -0.2) is 26.0 Å². The number of hydrogen-bond acceptors (Lipinski definition) is 3. The molecule has 0 bridgehead atoms. The first-order valence-electron chi connectivity index (χ1n) is 5.69. The molecule has 3 nitrogen and oxygen atoms in total. The Kier molecular flexibility index (Phi) is 3.38. The number of benzene rings is 1. The lowest BCUT2D eigenvalue weighted by Crippen LogP contribution is -2.32. The second kappa shape index (κ2) is 4.64. The Bertz CT molecular complexity index is 499. The largest absolute Gasteiger partial charge is 0.380 e. The van der Waals surface area contributed by atoms with Crippen LogP contribution in [0.4, 0.5) is 10.1 Å². The van der Waals surface area contributed by atoms with Crippen LogP contribution in [0.15, 0.2) is 18.2 Å². The lowest BCUT2D eigenvalue weighted by molar-refractivity contribution is 0.557. The molecule has 5 heteroatoms. The number of halogens is 1. The predicted octanol–water partition coefficient (Wildman–Crippen LogP) is 2.12. The Morgan fingerprint density at radius 3 is 2.59 bits per heavy atom. The van der Waals surface area contributed by atoms with E-state index in [1.807, 2.05) is 6.92 Å². The summed E-state index contributed by atoms with van der Waals surface area (Å²) in [7, 11) is -2.86. The van der Waals surface area contributed by atoms with Crippen molar-refractivity contribution in [2.24, 2.45) is 0 Å². The molecule has 0 unspecified atom stereocenters. The van der Waals surface area contributed by atoms with E-state index < -0.39 is 9.84 Å². The monoisotopic (exact) mass is 257 g/mol. The summed E-state index contributed by atoms with van der Waals surface area (Å²) in [5.74, 6) is 0.0972. The molecule has 0 atom stereocenters. The Morgan fingerprint density at radius 1 is 1.29 bits per heavy atom. The second-order valence-electron chi connectivity index (χ2n) is 4.55. The molecule has 0 radical (unpaired) electrons. The van der Waals surface area contributed by atoms with Crippen LogP contribution >= 0.6 is 0 Å². The van der Waals surface area contributed by atoms with Crippen LogP contribution in [-0.2, 0) is 9.84 Å². The Labute approximate surface area is 101 Å². The highest BCUT2D eigenvalue weighted by Gasteiger charge is 2.23. The number of nitrogens with one attached hydrogen (secondary N) is 1. The maximum Gasteiger partial charge on any atom is 0.150 e. The molecule has 0 aliphatic carbocycles. The molecule has 1 aromatic rings. The van der Waals surface area contributed by atoms with E-state index in [2.05, 4.69) is 5.32 Å². The predicted molar refractivity (Wildman–Crippen MR) is 66.4 cm³/mol. The average molecular weight is 257 g/mol. The first-order chi connectivity index (χ1) is 7.96. The van der Waals surface area contributed by atoms with Crippen LogP contribution in [0, 0.1) is 12.7 Å². The average Bonchev–Trinajstić information content (AvgIpc) is 2.26. The zero-order valence-electron chi connectivity index (χ0n) is 9.74. The number of aryl methyl sites for hydroxylation is 1. The minimum absolute atomic E-state index is 0.0508. The van der Waals surface area contributed by atoms with E-state index in [0.717, 1.165) is 5.56 Å². The lowest BCUT2D eigenvalue weighted by atomic mass is 10.1. The summed E-state index contributed by atoms with van der Waals surface area (Å²) in [6.45, 7) is 1.90. The molecule has 17 heavy (non-hydrogen) atoms. The third kappa shape index (κ3) is 3.19. The maximum absolute atomic E-state index is 13.5. The van der Waals surface area contributed by atoms with Crippen molar-refractivity contribution >= 4 is 15.5 Å². The summed E-state index contributed by atoms with van der Waals surface area (Å²) in [5, 5.41) is 3.09. The normalized spacial score (nSPS) is 20.1. The summed E-state index contributed by atoms with van der Waals surface area (Å²) in [5.41, 5.74) is 1.45. The van der Waals surface area contributed by atoms with Gasteiger partial charge in [0.15, 0.2) is 0 Å². The standard InChI is InChI=1S/C12H16FNO2S/c1-9-2-3-11(13)12(8-9)14-10-4-6-17(15,16)7-5-10/h2-3,8,10,14H,4-7H2,1H3. The first-order valence-corrected chi connectivity index (χ1v) is 7.51. The van der Waals surface area contributed by atoms with Gasteiger partial charge in [-0.1, -0.05) is 6.07 Å². The van der Waals surface area contributed by atoms with Gasteiger partial charge in [0, 0.05) is 6.04 Å². The van der Waals surface area contributed by atoms with Crippen LogP contribution in [0.25, 0.3) is 0 Å². The Balaban J connectivity index is 2.05. The minimum atomic E-state index is -2.86. The van der Waals surface area contributed by atoms with Gasteiger partial charge in [-0.2, -0.15) is 0 Å². The molecule has 1 aromatic carbocycles. The van der Waals surface area contributed by atoms with Gasteiger partial charge >= 0.3 is 0 Å². The van der Waals surface area contributed by atoms with Crippen molar-refractivity contribution in [2.45, 2.75) is 25.8 Å². The fraction of sp³-hybridized carbons (Fsp3) is 0.500. The molecule has 1 fully saturated rings. The summed E-state index contributed by atoms with van der Waals surface area (Å²) in [6.07, 6.45) is 1.10. The van der Waals surface area contributed by atoms with Gasteiger partial charge in [-0.3, -0.25) is 0 Å². The number of rotatable bonds is 2. The van der Waals surface area contributed by atoms with Crippen LogP contribution in [0.2, 0.25) is 0 Å². The summed E-state index contributed by atoms with van der Waals surface area (Å²) in [6, 6.07) is 4.94. The molecule has 1 saturated heterocycles. The summed E-state index contributed by atoms with van der Waals surface area (Å²) in [4.78, 5) is 0. The van der Waals surface area contributed by atoms with Crippen molar-refractivity contribution in [3.63, 3.8) is 0 Å². The van der Waals surface area contributed by atoms with Crippen molar-refractivity contribution in [3.8, 4) is 0 Å². The van der Waals surface area contributed by atoms with Crippen LogP contribution < -0.4 is 5.32 Å². The zero-order valence-corrected chi connectivity index (χ0v) is 10.6. The molecular weight excluding hydrogens is 241 g/mol. The van der Waals surface area contributed by atoms with Crippen molar-refractivity contribution in [3.05, 3.63) is 29.6 Å². The van der Waals surface area contributed by atoms with Crippen LogP contribution in [0.5, 0.6) is 0 Å². The third-order valence-corrected chi connectivity index (χ3v) is 4.75. The third-order valence-electron chi connectivity index (χ3n) is 3.04. The smallest absolute Gasteiger partial charge is 0.150 e. The highest BCUT2D eigenvalue weighted by molar-refractivity contribution is 7.91. The molecule has 1 aliphatic heterocycles. The van der Waals surface area contributed by atoms with E-state index in [1.54, 1.807) is 12.1 Å². The topological polar surface area (TPSA) is 46.2 Å². The molecule has 1 aliphatic rings. The van der Waals surface area contributed by atoms with Gasteiger partial charge in [0.25, 0.3) is 0 Å². The first kappa shape index (κ1) is 12.4. The van der Waals surface area contributed by atoms with E-state index >= 15 is 0 Å². The maximum atomic E-state index is 13.5. The van der Waals surface area contributed by atoms with E-state index in [0.29, 0.717) is 18.5 Å². The van der Waals surface area contributed by atoms with E-state index in [4.69, 9.17) is 0 Å². The molecule has 1 heterocycles. The molecule has 0 saturated carbocycles. The van der Waals surface area contributed by atoms with Crippen molar-refractivity contribution < 1.29 is 12.8 Å². The van der Waals surface area contributed by atoms with Gasteiger partial charge in [0.1, 0.15) is 15.7 Å². The van der Waals surface area contributed by atoms with Crippen molar-refractivity contribution in [2.75, 3.05) is 16.8 Å². The minimum Gasteiger partial charge on any atom is -0.380 e. The fourth-order valence-corrected chi connectivity index (χ4v) is 3.50. The molecule has 0 aromatic heterocycles. The van der Waals surface area contributed by atoms with Gasteiger partial charge in [0.05, 0.1) is 17.2 Å². The lowest BCUT2D eigenvalue weighted by Gasteiger charge is -2.24. The molecule has 2 rings (SSSR count). The van der Waals surface area contributed by atoms with Gasteiger partial charge in [-0.05, 0) is 37.5 Å². The van der Waals surface area contributed by atoms with Crippen LogP contribution in [0.1, 0.15) is 18.4 Å². The van der Waals surface area contributed by atoms with Gasteiger partial charge < -0.3 is 5.32 Å². The zero-order chi connectivity index (χ0) is 12.5. The van der Waals surface area contributed by atoms with Crippen molar-refractivity contribution in [1.82, 2.24) is 0 Å². The number of hydrogen-bond donors (Lipinski definition) is 1. The SMILES string of the molecule is Cc1ccc(F)c(NC2CCS(=O)(=O)CC2)c1. The quantitative estimate of drug-likeness (QED) is 0.882. The van der Waals surface area contributed by atoms with Gasteiger partial charge in [0.2, 0.25) is 0 Å². The Morgan fingerprint density at radius 2 is 1.94 bits per heavy atom. The second-order valence-corrected chi connectivity index (χ2v) is 6.86. The van der Waals surface area contributed by atoms with E-state index in [9.17, 15) is 12.8 Å². The molecule has 0 amide bonds. The fourth-order valence-electron chi connectivity index (χ4n) is 2.00. The highest BCUT2D eigenvalue weighted by Crippen LogP contribution is 2.21. The van der Waals surface area contributed by atoms with Crippen LogP contribution in [0.3, 0.4) is 0 Å². The van der Waals surface area contributed by atoms with Gasteiger partial charge in [-0.15, -0.1) is 0 Å². The summed E-state index contributed by atoms with van der Waals surface area (Å²) >= 11 is 0. The van der Waals surface area contributed by atoms with Gasteiger partial charge in [-0.25, -0.2) is 12.8 Å². The molecule has 94 valence electrons. The molecule has 0 spiro atoms. The number of sulfone groups is 1. The van der Waals surface area contributed by atoms with E-state index in [1.165, 1.54) is 6.07 Å². The summed E-state index contributed by atoms with van der Waals surface area (Å²) < 4.78 is 36.0. The molecule has 1 N–H and O–H groups in total.